The average molecular weight is 295 g/mol. The predicted molar refractivity (Wildman–Crippen MR) is 89.2 cm³/mol. The van der Waals surface area contributed by atoms with E-state index in [9.17, 15) is 0 Å². The highest BCUT2D eigenvalue weighted by Crippen LogP contribution is 2.24. The van der Waals surface area contributed by atoms with Crippen molar-refractivity contribution in [1.82, 2.24) is 14.9 Å². The maximum absolute atomic E-state index is 4.52. The van der Waals surface area contributed by atoms with Gasteiger partial charge in [-0.25, -0.2) is 0 Å². The number of hydrogen-bond donors (Lipinski definition) is 0. The minimum atomic E-state index is 0.659. The first-order chi connectivity index (χ1) is 10.9. The van der Waals surface area contributed by atoms with E-state index in [4.69, 9.17) is 0 Å². The molecule has 0 aliphatic heterocycles. The third-order valence-corrected chi connectivity index (χ3v) is 4.52. The maximum atomic E-state index is 4.52. The van der Waals surface area contributed by atoms with Crippen LogP contribution >= 0.6 is 0 Å². The molecule has 3 rings (SSSR count). The topological polar surface area (TPSA) is 29.0 Å². The van der Waals surface area contributed by atoms with E-state index >= 15 is 0 Å². The first-order valence-corrected chi connectivity index (χ1v) is 8.46. The average Bonchev–Trinajstić information content (AvgIpc) is 2.85. The Labute approximate surface area is 133 Å². The summed E-state index contributed by atoms with van der Waals surface area (Å²) in [5, 5.41) is 0. The number of aromatic nitrogens is 2. The highest BCUT2D eigenvalue weighted by molar-refractivity contribution is 5.06. The van der Waals surface area contributed by atoms with Crippen LogP contribution in [-0.2, 0) is 13.1 Å². The van der Waals surface area contributed by atoms with Crippen molar-refractivity contribution in [2.24, 2.45) is 0 Å². The van der Waals surface area contributed by atoms with Gasteiger partial charge >= 0.3 is 0 Å². The lowest BCUT2D eigenvalue weighted by Crippen LogP contribution is -2.34. The Morgan fingerprint density at radius 3 is 1.77 bits per heavy atom. The Bertz CT molecular complexity index is 492. The van der Waals surface area contributed by atoms with E-state index in [2.05, 4.69) is 39.1 Å². The van der Waals surface area contributed by atoms with Crippen molar-refractivity contribution in [3.05, 3.63) is 60.2 Å². The van der Waals surface area contributed by atoms with E-state index in [0.29, 0.717) is 6.04 Å². The molecule has 2 aromatic rings. The SMILES string of the molecule is c1ccc(CN(Cc2ccccn2)C2CCCCCC2)nc1. The summed E-state index contributed by atoms with van der Waals surface area (Å²) in [6.07, 6.45) is 11.9. The fraction of sp³-hybridized carbons (Fsp3) is 0.474. The molecule has 0 radical (unpaired) electrons. The summed E-state index contributed by atoms with van der Waals surface area (Å²) in [7, 11) is 0. The summed E-state index contributed by atoms with van der Waals surface area (Å²) >= 11 is 0. The minimum absolute atomic E-state index is 0.659. The Morgan fingerprint density at radius 2 is 1.32 bits per heavy atom. The second-order valence-electron chi connectivity index (χ2n) is 6.19. The smallest absolute Gasteiger partial charge is 0.0544 e. The lowest BCUT2D eigenvalue weighted by molar-refractivity contribution is 0.157. The van der Waals surface area contributed by atoms with Gasteiger partial charge in [0.1, 0.15) is 0 Å². The first-order valence-electron chi connectivity index (χ1n) is 8.46. The fourth-order valence-electron chi connectivity index (χ4n) is 3.34. The molecule has 1 aliphatic rings. The second-order valence-corrected chi connectivity index (χ2v) is 6.19. The molecule has 0 amide bonds. The monoisotopic (exact) mass is 295 g/mol. The van der Waals surface area contributed by atoms with Crippen LogP contribution in [0.5, 0.6) is 0 Å². The van der Waals surface area contributed by atoms with E-state index < -0.39 is 0 Å². The van der Waals surface area contributed by atoms with Crippen LogP contribution in [0, 0.1) is 0 Å². The van der Waals surface area contributed by atoms with Crippen LogP contribution in [-0.4, -0.2) is 20.9 Å². The molecule has 0 spiro atoms. The Hall–Kier alpha value is -1.74. The Kier molecular flexibility index (Phi) is 5.54. The molecule has 2 aromatic heterocycles. The van der Waals surface area contributed by atoms with E-state index in [-0.39, 0.29) is 0 Å². The molecule has 0 aromatic carbocycles. The van der Waals surface area contributed by atoms with Crippen LogP contribution in [0.1, 0.15) is 49.9 Å². The predicted octanol–water partition coefficient (Wildman–Crippen LogP) is 4.20. The van der Waals surface area contributed by atoms with Crippen molar-refractivity contribution in [3.63, 3.8) is 0 Å². The van der Waals surface area contributed by atoms with Crippen LogP contribution in [0.4, 0.5) is 0 Å². The van der Waals surface area contributed by atoms with Crippen LogP contribution in [0.2, 0.25) is 0 Å². The van der Waals surface area contributed by atoms with Gasteiger partial charge in [0, 0.05) is 31.5 Å². The molecular formula is C19H25N3. The van der Waals surface area contributed by atoms with Gasteiger partial charge < -0.3 is 0 Å². The van der Waals surface area contributed by atoms with Gasteiger partial charge in [-0.05, 0) is 37.1 Å². The van der Waals surface area contributed by atoms with E-state index in [0.717, 1.165) is 24.5 Å². The van der Waals surface area contributed by atoms with Gasteiger partial charge in [0.2, 0.25) is 0 Å². The molecule has 1 saturated carbocycles. The van der Waals surface area contributed by atoms with Crippen molar-refractivity contribution in [3.8, 4) is 0 Å². The van der Waals surface area contributed by atoms with Crippen LogP contribution in [0.25, 0.3) is 0 Å². The number of rotatable bonds is 5. The van der Waals surface area contributed by atoms with Crippen molar-refractivity contribution < 1.29 is 0 Å². The van der Waals surface area contributed by atoms with Gasteiger partial charge in [0.05, 0.1) is 11.4 Å². The van der Waals surface area contributed by atoms with Crippen LogP contribution in [0.15, 0.2) is 48.8 Å². The van der Waals surface area contributed by atoms with Crippen molar-refractivity contribution in [2.75, 3.05) is 0 Å². The fourth-order valence-corrected chi connectivity index (χ4v) is 3.34. The van der Waals surface area contributed by atoms with Crippen molar-refractivity contribution in [2.45, 2.75) is 57.7 Å². The van der Waals surface area contributed by atoms with Gasteiger partial charge in [-0.1, -0.05) is 37.8 Å². The third-order valence-electron chi connectivity index (χ3n) is 4.52. The maximum Gasteiger partial charge on any atom is 0.0544 e. The highest BCUT2D eigenvalue weighted by atomic mass is 15.2. The number of hydrogen-bond acceptors (Lipinski definition) is 3. The standard InChI is InChI=1S/C19H25N3/c1-2-4-12-19(11-3-1)22(15-17-9-5-7-13-20-17)16-18-10-6-8-14-21-18/h5-10,13-14,19H,1-4,11-12,15-16H2. The largest absolute Gasteiger partial charge is 0.289 e. The molecule has 0 atom stereocenters. The van der Waals surface area contributed by atoms with E-state index in [1.165, 1.54) is 38.5 Å². The summed E-state index contributed by atoms with van der Waals surface area (Å²) in [6.45, 7) is 1.84. The molecule has 2 heterocycles. The molecule has 3 nitrogen and oxygen atoms in total. The Balaban J connectivity index is 1.74. The second kappa shape index (κ2) is 8.04. The summed E-state index contributed by atoms with van der Waals surface area (Å²) in [5.41, 5.74) is 2.31. The normalized spacial score (nSPS) is 16.6. The van der Waals surface area contributed by atoms with E-state index in [1.54, 1.807) is 0 Å². The molecule has 1 aliphatic carbocycles. The molecule has 1 fully saturated rings. The van der Waals surface area contributed by atoms with Gasteiger partial charge in [-0.3, -0.25) is 14.9 Å². The Morgan fingerprint density at radius 1 is 0.773 bits per heavy atom. The zero-order valence-corrected chi connectivity index (χ0v) is 13.2. The summed E-state index contributed by atoms with van der Waals surface area (Å²) in [5.74, 6) is 0. The van der Waals surface area contributed by atoms with Gasteiger partial charge in [0.25, 0.3) is 0 Å². The molecule has 0 unspecified atom stereocenters. The van der Waals surface area contributed by atoms with Crippen LogP contribution < -0.4 is 0 Å². The molecule has 0 N–H and O–H groups in total. The van der Waals surface area contributed by atoms with Crippen LogP contribution in [0.3, 0.4) is 0 Å². The van der Waals surface area contributed by atoms with Gasteiger partial charge in [-0.2, -0.15) is 0 Å². The van der Waals surface area contributed by atoms with Crippen molar-refractivity contribution >= 4 is 0 Å². The minimum Gasteiger partial charge on any atom is -0.289 e. The molecule has 0 saturated heterocycles. The quantitative estimate of drug-likeness (QED) is 0.774. The lowest BCUT2D eigenvalue weighted by Gasteiger charge is -2.30. The molecule has 116 valence electrons. The van der Waals surface area contributed by atoms with Gasteiger partial charge in [-0.15, -0.1) is 0 Å². The molecule has 3 heteroatoms. The third kappa shape index (κ3) is 4.38. The zero-order chi connectivity index (χ0) is 15.0. The molecular weight excluding hydrogens is 270 g/mol. The number of nitrogens with zero attached hydrogens (tertiary/aromatic N) is 3. The first kappa shape index (κ1) is 15.2. The number of pyridine rings is 2. The van der Waals surface area contributed by atoms with Gasteiger partial charge in [0.15, 0.2) is 0 Å². The summed E-state index contributed by atoms with van der Waals surface area (Å²) in [4.78, 5) is 11.6. The van der Waals surface area contributed by atoms with Crippen molar-refractivity contribution in [1.29, 1.82) is 0 Å². The van der Waals surface area contributed by atoms with E-state index in [1.807, 2.05) is 24.5 Å². The lowest BCUT2D eigenvalue weighted by atomic mass is 10.1. The highest BCUT2D eigenvalue weighted by Gasteiger charge is 2.21. The molecule has 0 bridgehead atoms. The molecule has 22 heavy (non-hydrogen) atoms. The summed E-state index contributed by atoms with van der Waals surface area (Å²) in [6, 6.07) is 13.0. The zero-order valence-electron chi connectivity index (χ0n) is 13.2. The summed E-state index contributed by atoms with van der Waals surface area (Å²) < 4.78 is 0.